The zero-order valence-corrected chi connectivity index (χ0v) is 11.7. The van der Waals surface area contributed by atoms with Crippen LogP contribution >= 0.6 is 23.1 Å². The molecule has 1 N–H and O–H groups in total. The molecule has 1 atom stereocenters. The largest absolute Gasteiger partial charge is 0.313 e. The molecule has 0 saturated carbocycles. The molecule has 1 heterocycles. The molecule has 0 bridgehead atoms. The van der Waals surface area contributed by atoms with Crippen LogP contribution in [0.4, 0.5) is 0 Å². The van der Waals surface area contributed by atoms with E-state index in [2.05, 4.69) is 50.5 Å². The summed E-state index contributed by atoms with van der Waals surface area (Å²) < 4.78 is 1.42. The molecule has 0 fully saturated rings. The molecule has 0 aliphatic carbocycles. The minimum atomic E-state index is 0.334. The van der Waals surface area contributed by atoms with Gasteiger partial charge >= 0.3 is 0 Å². The van der Waals surface area contributed by atoms with Gasteiger partial charge in [0.1, 0.15) is 0 Å². The fraction of sp³-hybridized carbons (Fsp3) is 0.667. The summed E-state index contributed by atoms with van der Waals surface area (Å²) in [5.74, 6) is 1.15. The lowest BCUT2D eigenvalue weighted by molar-refractivity contribution is 0.295. The van der Waals surface area contributed by atoms with E-state index in [-0.39, 0.29) is 0 Å². The average Bonchev–Trinajstić information content (AvgIpc) is 2.62. The molecule has 86 valence electrons. The zero-order valence-electron chi connectivity index (χ0n) is 10.0. The highest BCUT2D eigenvalue weighted by atomic mass is 32.2. The second-order valence-electron chi connectivity index (χ2n) is 4.72. The number of hydrogen-bond acceptors (Lipinski definition) is 3. The molecule has 3 heteroatoms. The highest BCUT2D eigenvalue weighted by Gasteiger charge is 2.23. The normalized spacial score (nSPS) is 14.1. The third-order valence-corrected chi connectivity index (χ3v) is 4.61. The van der Waals surface area contributed by atoms with Gasteiger partial charge in [-0.15, -0.1) is 23.1 Å². The Bertz CT molecular complexity index is 262. The van der Waals surface area contributed by atoms with Crippen molar-refractivity contribution >= 4 is 23.1 Å². The van der Waals surface area contributed by atoms with Gasteiger partial charge in [0.2, 0.25) is 0 Å². The molecule has 0 spiro atoms. The number of rotatable bonds is 5. The standard InChI is InChI=1S/C12H21NS2/c1-5-13-10(12(2,3)4)9-15-11-7-6-8-14-11/h6-8,10,13H,5,9H2,1-4H3. The van der Waals surface area contributed by atoms with E-state index in [9.17, 15) is 0 Å². The van der Waals surface area contributed by atoms with Gasteiger partial charge in [0.05, 0.1) is 4.21 Å². The van der Waals surface area contributed by atoms with Gasteiger partial charge in [-0.1, -0.05) is 33.8 Å². The van der Waals surface area contributed by atoms with Crippen molar-refractivity contribution in [2.45, 2.75) is 37.9 Å². The maximum atomic E-state index is 3.57. The lowest BCUT2D eigenvalue weighted by Gasteiger charge is -2.31. The van der Waals surface area contributed by atoms with E-state index in [1.165, 1.54) is 4.21 Å². The van der Waals surface area contributed by atoms with Gasteiger partial charge < -0.3 is 5.32 Å². The zero-order chi connectivity index (χ0) is 11.3. The minimum Gasteiger partial charge on any atom is -0.313 e. The van der Waals surface area contributed by atoms with Crippen LogP contribution < -0.4 is 5.32 Å². The SMILES string of the molecule is CCNC(CSc1cccs1)C(C)(C)C. The number of hydrogen-bond donors (Lipinski definition) is 1. The lowest BCUT2D eigenvalue weighted by Crippen LogP contribution is -2.42. The molecule has 15 heavy (non-hydrogen) atoms. The molecule has 0 saturated heterocycles. The molecule has 0 aliphatic heterocycles. The van der Waals surface area contributed by atoms with Gasteiger partial charge in [-0.3, -0.25) is 0 Å². The van der Waals surface area contributed by atoms with Crippen LogP contribution in [0.5, 0.6) is 0 Å². The van der Waals surface area contributed by atoms with Crippen molar-refractivity contribution in [3.05, 3.63) is 17.5 Å². The van der Waals surface area contributed by atoms with Gasteiger partial charge in [0, 0.05) is 11.8 Å². The van der Waals surface area contributed by atoms with Crippen molar-refractivity contribution in [2.75, 3.05) is 12.3 Å². The molecule has 0 amide bonds. The second-order valence-corrected chi connectivity index (χ2v) is 6.99. The summed E-state index contributed by atoms with van der Waals surface area (Å²) in [5, 5.41) is 5.71. The number of nitrogens with one attached hydrogen (secondary N) is 1. The second kappa shape index (κ2) is 5.92. The Balaban J connectivity index is 2.45. The molecular weight excluding hydrogens is 222 g/mol. The Morgan fingerprint density at radius 2 is 2.20 bits per heavy atom. The predicted octanol–water partition coefficient (Wildman–Crippen LogP) is 3.86. The van der Waals surface area contributed by atoms with Crippen LogP contribution in [0.25, 0.3) is 0 Å². The van der Waals surface area contributed by atoms with Gasteiger partial charge in [0.25, 0.3) is 0 Å². The molecule has 1 rings (SSSR count). The summed E-state index contributed by atoms with van der Waals surface area (Å²) in [4.78, 5) is 0. The first kappa shape index (κ1) is 13.1. The van der Waals surface area contributed by atoms with Crippen LogP contribution in [-0.2, 0) is 0 Å². The topological polar surface area (TPSA) is 12.0 Å². The average molecular weight is 243 g/mol. The Kier molecular flexibility index (Phi) is 5.16. The van der Waals surface area contributed by atoms with Crippen molar-refractivity contribution in [1.82, 2.24) is 5.32 Å². The predicted molar refractivity (Wildman–Crippen MR) is 72.0 cm³/mol. The lowest BCUT2D eigenvalue weighted by atomic mass is 9.88. The van der Waals surface area contributed by atoms with E-state index >= 15 is 0 Å². The Morgan fingerprint density at radius 1 is 1.47 bits per heavy atom. The highest BCUT2D eigenvalue weighted by molar-refractivity contribution is 8.01. The number of thioether (sulfide) groups is 1. The van der Waals surface area contributed by atoms with Crippen LogP contribution in [0.15, 0.2) is 21.7 Å². The molecule has 0 radical (unpaired) electrons. The molecule has 1 aromatic rings. The summed E-state index contributed by atoms with van der Waals surface area (Å²) in [5.41, 5.74) is 0.334. The summed E-state index contributed by atoms with van der Waals surface area (Å²) in [6.07, 6.45) is 0. The Morgan fingerprint density at radius 3 is 2.67 bits per heavy atom. The van der Waals surface area contributed by atoms with Crippen LogP contribution in [0.1, 0.15) is 27.7 Å². The van der Waals surface area contributed by atoms with Crippen LogP contribution in [0.3, 0.4) is 0 Å². The quantitative estimate of drug-likeness (QED) is 0.788. The summed E-state index contributed by atoms with van der Waals surface area (Å²) in [7, 11) is 0. The van der Waals surface area contributed by atoms with Crippen molar-refractivity contribution < 1.29 is 0 Å². The van der Waals surface area contributed by atoms with Gasteiger partial charge in [0.15, 0.2) is 0 Å². The maximum absolute atomic E-state index is 3.57. The molecular formula is C12H21NS2. The van der Waals surface area contributed by atoms with Crippen LogP contribution in [0, 0.1) is 5.41 Å². The molecule has 1 aromatic heterocycles. The third kappa shape index (κ3) is 4.58. The smallest absolute Gasteiger partial charge is 0.0599 e. The van der Waals surface area contributed by atoms with E-state index in [0.29, 0.717) is 11.5 Å². The summed E-state index contributed by atoms with van der Waals surface area (Å²) in [6, 6.07) is 4.89. The first-order valence-corrected chi connectivity index (χ1v) is 7.30. The van der Waals surface area contributed by atoms with E-state index in [1.54, 1.807) is 0 Å². The van der Waals surface area contributed by atoms with Crippen molar-refractivity contribution in [3.8, 4) is 0 Å². The summed E-state index contributed by atoms with van der Waals surface area (Å²) in [6.45, 7) is 10.1. The van der Waals surface area contributed by atoms with Gasteiger partial charge in [-0.25, -0.2) is 0 Å². The monoisotopic (exact) mass is 243 g/mol. The summed E-state index contributed by atoms with van der Waals surface area (Å²) >= 11 is 3.79. The van der Waals surface area contributed by atoms with Crippen LogP contribution in [0.2, 0.25) is 0 Å². The first-order valence-electron chi connectivity index (χ1n) is 5.43. The fourth-order valence-corrected chi connectivity index (χ4v) is 3.59. The van der Waals surface area contributed by atoms with Crippen molar-refractivity contribution in [3.63, 3.8) is 0 Å². The van der Waals surface area contributed by atoms with E-state index in [0.717, 1.165) is 12.3 Å². The number of thiophene rings is 1. The van der Waals surface area contributed by atoms with Gasteiger partial charge in [-0.2, -0.15) is 0 Å². The molecule has 1 unspecified atom stereocenters. The fourth-order valence-electron chi connectivity index (χ4n) is 1.37. The maximum Gasteiger partial charge on any atom is 0.0599 e. The van der Waals surface area contributed by atoms with E-state index < -0.39 is 0 Å². The van der Waals surface area contributed by atoms with Crippen molar-refractivity contribution in [2.24, 2.45) is 5.41 Å². The Hall–Kier alpha value is 0.01000. The molecule has 1 nitrogen and oxygen atoms in total. The highest BCUT2D eigenvalue weighted by Crippen LogP contribution is 2.28. The van der Waals surface area contributed by atoms with E-state index in [4.69, 9.17) is 0 Å². The Labute approximate surface area is 102 Å². The van der Waals surface area contributed by atoms with E-state index in [1.807, 2.05) is 23.1 Å². The first-order chi connectivity index (χ1) is 7.04. The molecule has 0 aromatic carbocycles. The van der Waals surface area contributed by atoms with Gasteiger partial charge in [-0.05, 0) is 23.4 Å². The van der Waals surface area contributed by atoms with Crippen LogP contribution in [-0.4, -0.2) is 18.3 Å². The minimum absolute atomic E-state index is 0.334. The molecule has 0 aliphatic rings. The van der Waals surface area contributed by atoms with Crippen molar-refractivity contribution in [1.29, 1.82) is 0 Å². The third-order valence-electron chi connectivity index (χ3n) is 2.38.